The predicted molar refractivity (Wildman–Crippen MR) is 148 cm³/mol. The van der Waals surface area contributed by atoms with Crippen molar-refractivity contribution in [1.82, 2.24) is 24.2 Å². The van der Waals surface area contributed by atoms with Crippen molar-refractivity contribution in [1.29, 1.82) is 0 Å². The maximum absolute atomic E-state index is 12.5. The second-order valence-corrected chi connectivity index (χ2v) is 12.7. The summed E-state index contributed by atoms with van der Waals surface area (Å²) in [7, 11) is -3.71. The Balaban J connectivity index is 1.39. The summed E-state index contributed by atoms with van der Waals surface area (Å²) in [5.41, 5.74) is 4.36. The molecule has 0 atom stereocenters. The highest BCUT2D eigenvalue weighted by atomic mass is 35.5. The number of nitrogens with zero attached hydrogens (tertiary/aromatic N) is 4. The van der Waals surface area contributed by atoms with E-state index < -0.39 is 21.2 Å². The third-order valence-corrected chi connectivity index (χ3v) is 8.92. The van der Waals surface area contributed by atoms with Gasteiger partial charge in [0.1, 0.15) is 16.0 Å². The number of benzene rings is 1. The van der Waals surface area contributed by atoms with Crippen LogP contribution in [0.2, 0.25) is 5.15 Å². The molecule has 0 saturated heterocycles. The van der Waals surface area contributed by atoms with Crippen LogP contribution in [-0.2, 0) is 21.2 Å². The lowest BCUT2D eigenvalue weighted by Crippen LogP contribution is -2.30. The van der Waals surface area contributed by atoms with Crippen molar-refractivity contribution in [3.05, 3.63) is 75.2 Å². The number of Topliss-reactive ketones (excluding diaryl/α,β-unsaturated/α-hetero) is 1. The number of carbonyl (C=O) groups is 2. The quantitative estimate of drug-likeness (QED) is 0.314. The van der Waals surface area contributed by atoms with Crippen molar-refractivity contribution in [2.75, 3.05) is 6.54 Å². The zero-order valence-electron chi connectivity index (χ0n) is 21.2. The summed E-state index contributed by atoms with van der Waals surface area (Å²) in [6, 6.07) is 11.0. The van der Waals surface area contributed by atoms with E-state index in [1.54, 1.807) is 0 Å². The molecule has 0 aliphatic heterocycles. The third kappa shape index (κ3) is 6.17. The van der Waals surface area contributed by atoms with Crippen LogP contribution in [0, 0.1) is 13.8 Å². The molecule has 0 radical (unpaired) electrons. The van der Waals surface area contributed by atoms with Gasteiger partial charge in [0.25, 0.3) is 5.91 Å². The maximum Gasteiger partial charge on any atom is 0.253 e. The summed E-state index contributed by atoms with van der Waals surface area (Å²) < 4.78 is 25.6. The first-order valence-corrected chi connectivity index (χ1v) is 14.5. The SMILES string of the molecule is Cc1cc(-c2cccc(-c3csc(CC(=O)CNC(=O)c4cc(Cl)n(S(=O)(=O)C(C)C)c4)n3)c2)nc(C)n1. The van der Waals surface area contributed by atoms with Crippen LogP contribution in [0.4, 0.5) is 0 Å². The van der Waals surface area contributed by atoms with E-state index in [1.165, 1.54) is 31.3 Å². The molecule has 0 aliphatic rings. The molecule has 0 aliphatic carbocycles. The second kappa shape index (κ2) is 11.1. The number of carbonyl (C=O) groups excluding carboxylic acids is 2. The first-order chi connectivity index (χ1) is 17.9. The van der Waals surface area contributed by atoms with E-state index in [0.29, 0.717) is 10.8 Å². The third-order valence-electron chi connectivity index (χ3n) is 5.64. The topological polar surface area (TPSA) is 124 Å². The largest absolute Gasteiger partial charge is 0.345 e. The molecular formula is C26H26ClN5O4S2. The van der Waals surface area contributed by atoms with Gasteiger partial charge in [-0.05, 0) is 45.9 Å². The molecule has 12 heteroatoms. The van der Waals surface area contributed by atoms with Crippen molar-refractivity contribution >= 4 is 44.7 Å². The molecule has 4 rings (SSSR count). The fourth-order valence-electron chi connectivity index (χ4n) is 3.70. The number of aryl methyl sites for hydroxylation is 2. The Morgan fingerprint density at radius 2 is 1.76 bits per heavy atom. The van der Waals surface area contributed by atoms with E-state index >= 15 is 0 Å². The van der Waals surface area contributed by atoms with Crippen LogP contribution in [0.3, 0.4) is 0 Å². The van der Waals surface area contributed by atoms with E-state index in [0.717, 1.165) is 38.4 Å². The number of aromatic nitrogens is 4. The summed E-state index contributed by atoms with van der Waals surface area (Å²) in [5, 5.41) is 4.22. The molecule has 0 spiro atoms. The van der Waals surface area contributed by atoms with Gasteiger partial charge in [0.2, 0.25) is 10.0 Å². The van der Waals surface area contributed by atoms with Gasteiger partial charge in [0, 0.05) is 28.4 Å². The van der Waals surface area contributed by atoms with Gasteiger partial charge in [-0.1, -0.05) is 29.8 Å². The predicted octanol–water partition coefficient (Wildman–Crippen LogP) is 4.47. The Morgan fingerprint density at radius 3 is 2.45 bits per heavy atom. The molecule has 0 unspecified atom stereocenters. The summed E-state index contributed by atoms with van der Waals surface area (Å²) >= 11 is 7.39. The second-order valence-electron chi connectivity index (χ2n) is 8.99. The summed E-state index contributed by atoms with van der Waals surface area (Å²) in [6.07, 6.45) is 1.21. The lowest BCUT2D eigenvalue weighted by molar-refractivity contribution is -0.117. The minimum atomic E-state index is -3.71. The fourth-order valence-corrected chi connectivity index (χ4v) is 6.00. The molecule has 1 N–H and O–H groups in total. The number of nitrogens with one attached hydrogen (secondary N) is 1. The van der Waals surface area contributed by atoms with Crippen molar-refractivity contribution in [2.45, 2.75) is 39.4 Å². The number of rotatable bonds is 9. The number of thiazole rings is 1. The Bertz CT molecular complexity index is 1610. The molecule has 9 nitrogen and oxygen atoms in total. The van der Waals surface area contributed by atoms with Crippen LogP contribution in [0.25, 0.3) is 22.5 Å². The van der Waals surface area contributed by atoms with Crippen LogP contribution in [0.5, 0.6) is 0 Å². The van der Waals surface area contributed by atoms with Crippen molar-refractivity contribution < 1.29 is 18.0 Å². The van der Waals surface area contributed by atoms with E-state index in [2.05, 4.69) is 20.3 Å². The molecule has 3 aromatic heterocycles. The van der Waals surface area contributed by atoms with Crippen molar-refractivity contribution in [3.8, 4) is 22.5 Å². The molecule has 1 amide bonds. The Kier molecular flexibility index (Phi) is 8.10. The molecule has 1 aromatic carbocycles. The number of hydrogen-bond acceptors (Lipinski definition) is 8. The number of ketones is 1. The summed E-state index contributed by atoms with van der Waals surface area (Å²) in [6.45, 7) is 6.59. The van der Waals surface area contributed by atoms with Crippen LogP contribution >= 0.6 is 22.9 Å². The van der Waals surface area contributed by atoms with Gasteiger partial charge < -0.3 is 5.32 Å². The monoisotopic (exact) mass is 571 g/mol. The molecular weight excluding hydrogens is 546 g/mol. The summed E-state index contributed by atoms with van der Waals surface area (Å²) in [4.78, 5) is 38.5. The average molecular weight is 572 g/mol. The lowest BCUT2D eigenvalue weighted by atomic mass is 10.1. The van der Waals surface area contributed by atoms with E-state index in [4.69, 9.17) is 11.6 Å². The van der Waals surface area contributed by atoms with Gasteiger partial charge in [0.05, 0.1) is 35.2 Å². The van der Waals surface area contributed by atoms with Gasteiger partial charge in [-0.2, -0.15) is 0 Å². The van der Waals surface area contributed by atoms with Crippen LogP contribution < -0.4 is 5.32 Å². The average Bonchev–Trinajstić information content (AvgIpc) is 3.49. The molecule has 4 aromatic rings. The minimum Gasteiger partial charge on any atom is -0.345 e. The van der Waals surface area contributed by atoms with Crippen LogP contribution in [-0.4, -0.2) is 50.8 Å². The Morgan fingerprint density at radius 1 is 1.05 bits per heavy atom. The molecule has 0 bridgehead atoms. The highest BCUT2D eigenvalue weighted by Gasteiger charge is 2.23. The Labute approximate surface area is 230 Å². The first-order valence-electron chi connectivity index (χ1n) is 11.7. The highest BCUT2D eigenvalue weighted by molar-refractivity contribution is 7.90. The standard InChI is InChI=1S/C26H26ClN5O4S2/c1-15(2)38(35,36)32-13-20(10-24(32)27)26(34)28-12-21(33)11-25-31-23(14-37-25)19-7-5-6-18(9-19)22-8-16(3)29-17(4)30-22/h5-10,13-15H,11-12H2,1-4H3,(H,28,34). The lowest BCUT2D eigenvalue weighted by Gasteiger charge is -2.09. The van der Waals surface area contributed by atoms with Crippen LogP contribution in [0.15, 0.2) is 48.0 Å². The first kappa shape index (κ1) is 27.6. The van der Waals surface area contributed by atoms with Crippen molar-refractivity contribution in [3.63, 3.8) is 0 Å². The van der Waals surface area contributed by atoms with Gasteiger partial charge in [-0.15, -0.1) is 11.3 Å². The zero-order chi connectivity index (χ0) is 27.6. The molecule has 0 fully saturated rings. The van der Waals surface area contributed by atoms with Gasteiger partial charge >= 0.3 is 0 Å². The van der Waals surface area contributed by atoms with Gasteiger partial charge in [-0.25, -0.2) is 27.3 Å². The van der Waals surface area contributed by atoms with Crippen molar-refractivity contribution in [2.24, 2.45) is 0 Å². The van der Waals surface area contributed by atoms with E-state index in [1.807, 2.05) is 49.6 Å². The number of hydrogen-bond donors (Lipinski definition) is 1. The number of amides is 1. The molecule has 38 heavy (non-hydrogen) atoms. The van der Waals surface area contributed by atoms with Gasteiger partial charge in [-0.3, -0.25) is 9.59 Å². The normalized spacial score (nSPS) is 11.6. The molecule has 3 heterocycles. The van der Waals surface area contributed by atoms with E-state index in [-0.39, 0.29) is 29.5 Å². The van der Waals surface area contributed by atoms with Crippen LogP contribution in [0.1, 0.15) is 40.7 Å². The minimum absolute atomic E-state index is 0.0533. The molecule has 0 saturated carbocycles. The van der Waals surface area contributed by atoms with Gasteiger partial charge in [0.15, 0.2) is 5.78 Å². The Hall–Kier alpha value is -3.41. The fraction of sp³-hybridized carbons (Fsp3) is 0.269. The maximum atomic E-state index is 12.5. The number of halogens is 1. The highest BCUT2D eigenvalue weighted by Crippen LogP contribution is 2.27. The molecule has 198 valence electrons. The summed E-state index contributed by atoms with van der Waals surface area (Å²) in [5.74, 6) is -0.127. The zero-order valence-corrected chi connectivity index (χ0v) is 23.6. The van der Waals surface area contributed by atoms with E-state index in [9.17, 15) is 18.0 Å². The smallest absolute Gasteiger partial charge is 0.253 e.